The van der Waals surface area contributed by atoms with Crippen LogP contribution in [0.1, 0.15) is 35.0 Å². The molecule has 216 valence electrons. The zero-order valence-corrected chi connectivity index (χ0v) is 24.0. The molecule has 3 amide bonds. The summed E-state index contributed by atoms with van der Waals surface area (Å²) in [7, 11) is 1.44. The lowest BCUT2D eigenvalue weighted by atomic mass is 10.1. The van der Waals surface area contributed by atoms with Crippen LogP contribution in [0.25, 0.3) is 6.08 Å². The Morgan fingerprint density at radius 3 is 2.50 bits per heavy atom. The van der Waals surface area contributed by atoms with Crippen LogP contribution in [0.5, 0.6) is 11.5 Å². The minimum atomic E-state index is -0.581. The Hall–Kier alpha value is -5.03. The molecule has 0 aliphatic rings. The first-order valence-corrected chi connectivity index (χ1v) is 13.9. The molecule has 1 heterocycles. The lowest BCUT2D eigenvalue weighted by Gasteiger charge is -2.15. The van der Waals surface area contributed by atoms with E-state index in [1.807, 2.05) is 13.0 Å². The number of rotatable bonds is 11. The van der Waals surface area contributed by atoms with Gasteiger partial charge in [-0.05, 0) is 61.9 Å². The van der Waals surface area contributed by atoms with Gasteiger partial charge in [0.2, 0.25) is 5.91 Å². The van der Waals surface area contributed by atoms with E-state index in [0.29, 0.717) is 40.6 Å². The van der Waals surface area contributed by atoms with Gasteiger partial charge in [-0.15, -0.1) is 11.8 Å². The van der Waals surface area contributed by atoms with Gasteiger partial charge in [-0.25, -0.2) is 0 Å². The number of ether oxygens (including phenoxy) is 1. The third kappa shape index (κ3) is 8.01. The van der Waals surface area contributed by atoms with Gasteiger partial charge < -0.3 is 30.3 Å². The number of nitrogens with one attached hydrogen (secondary N) is 3. The summed E-state index contributed by atoms with van der Waals surface area (Å²) >= 11 is 1.34. The van der Waals surface area contributed by atoms with Crippen LogP contribution >= 0.6 is 11.8 Å². The zero-order chi connectivity index (χ0) is 30.1. The number of hydrogen-bond acceptors (Lipinski definition) is 8. The number of hydrogen-bond donors (Lipinski definition) is 4. The molecule has 1 aromatic heterocycles. The Labute approximate surface area is 247 Å². The number of nitrogens with zero attached hydrogens (tertiary/aromatic N) is 1. The number of thioether (sulfide) groups is 1. The highest BCUT2D eigenvalue weighted by Gasteiger charge is 2.20. The number of benzene rings is 3. The molecule has 0 radical (unpaired) electrons. The number of methoxy groups -OCH3 is 1. The number of aromatic nitrogens is 1. The first kappa shape index (κ1) is 29.9. The van der Waals surface area contributed by atoms with Gasteiger partial charge in [0, 0.05) is 33.8 Å². The third-order valence-electron chi connectivity index (χ3n) is 5.96. The molecule has 42 heavy (non-hydrogen) atoms. The van der Waals surface area contributed by atoms with Crippen LogP contribution in [0.3, 0.4) is 0 Å². The lowest BCUT2D eigenvalue weighted by Crippen LogP contribution is -2.30. The van der Waals surface area contributed by atoms with E-state index in [1.165, 1.54) is 37.1 Å². The van der Waals surface area contributed by atoms with E-state index in [1.54, 1.807) is 67.6 Å². The van der Waals surface area contributed by atoms with Gasteiger partial charge in [-0.1, -0.05) is 36.3 Å². The van der Waals surface area contributed by atoms with E-state index in [-0.39, 0.29) is 17.4 Å². The summed E-state index contributed by atoms with van der Waals surface area (Å²) in [5, 5.41) is 21.5. The van der Waals surface area contributed by atoms with Crippen molar-refractivity contribution in [3.05, 3.63) is 101 Å². The van der Waals surface area contributed by atoms with E-state index in [4.69, 9.17) is 9.26 Å². The number of phenols is 1. The van der Waals surface area contributed by atoms with E-state index in [9.17, 15) is 19.5 Å². The summed E-state index contributed by atoms with van der Waals surface area (Å²) in [5.74, 6) is -0.0284. The Morgan fingerprint density at radius 2 is 1.81 bits per heavy atom. The quantitative estimate of drug-likeness (QED) is 0.131. The number of aromatic hydroxyl groups is 1. The first-order valence-electron chi connectivity index (χ1n) is 13.0. The van der Waals surface area contributed by atoms with Crippen molar-refractivity contribution in [3.63, 3.8) is 0 Å². The van der Waals surface area contributed by atoms with Crippen molar-refractivity contribution < 1.29 is 28.8 Å². The van der Waals surface area contributed by atoms with Gasteiger partial charge in [0.1, 0.15) is 23.0 Å². The molecule has 11 heteroatoms. The van der Waals surface area contributed by atoms with Gasteiger partial charge >= 0.3 is 0 Å². The molecule has 4 rings (SSSR count). The summed E-state index contributed by atoms with van der Waals surface area (Å²) in [4.78, 5) is 40.0. The van der Waals surface area contributed by atoms with Crippen LogP contribution in [-0.4, -0.2) is 40.3 Å². The molecule has 0 bridgehead atoms. The van der Waals surface area contributed by atoms with Gasteiger partial charge in [-0.2, -0.15) is 0 Å². The molecule has 10 nitrogen and oxygen atoms in total. The van der Waals surface area contributed by atoms with Gasteiger partial charge in [0.25, 0.3) is 11.8 Å². The van der Waals surface area contributed by atoms with Crippen LogP contribution in [0.4, 0.5) is 11.5 Å². The molecular formula is C31H30N4O6S. The van der Waals surface area contributed by atoms with E-state index < -0.39 is 17.1 Å². The van der Waals surface area contributed by atoms with Gasteiger partial charge in [0.15, 0.2) is 5.82 Å². The molecule has 0 aliphatic carbocycles. The Balaban J connectivity index is 1.54. The van der Waals surface area contributed by atoms with Crippen LogP contribution < -0.4 is 20.7 Å². The molecule has 3 aromatic carbocycles. The largest absolute Gasteiger partial charge is 0.508 e. The molecule has 0 spiro atoms. The van der Waals surface area contributed by atoms with E-state index in [2.05, 4.69) is 21.1 Å². The first-order chi connectivity index (χ1) is 20.2. The molecule has 4 N–H and O–H groups in total. The Bertz CT molecular complexity index is 1600. The maximum atomic E-state index is 13.5. The monoisotopic (exact) mass is 586 g/mol. The van der Waals surface area contributed by atoms with Crippen LogP contribution in [0.15, 0.2) is 94.0 Å². The maximum absolute atomic E-state index is 13.5. The minimum absolute atomic E-state index is 0.00662. The minimum Gasteiger partial charge on any atom is -0.508 e. The fourth-order valence-corrected chi connectivity index (χ4v) is 4.89. The second-order valence-corrected chi connectivity index (χ2v) is 10.4. The summed E-state index contributed by atoms with van der Waals surface area (Å²) in [5.41, 5.74) is 1.26. The molecule has 0 saturated heterocycles. The predicted octanol–water partition coefficient (Wildman–Crippen LogP) is 5.62. The van der Waals surface area contributed by atoms with Crippen molar-refractivity contribution in [2.45, 2.75) is 30.4 Å². The van der Waals surface area contributed by atoms with Crippen LogP contribution in [-0.2, 0) is 9.59 Å². The molecular weight excluding hydrogens is 556 g/mol. The third-order valence-corrected chi connectivity index (χ3v) is 7.32. The summed E-state index contributed by atoms with van der Waals surface area (Å²) in [6.45, 7) is 3.64. The molecule has 1 atom stereocenters. The Kier molecular flexibility index (Phi) is 10.0. The van der Waals surface area contributed by atoms with Crippen molar-refractivity contribution in [2.24, 2.45) is 0 Å². The zero-order valence-electron chi connectivity index (χ0n) is 23.2. The van der Waals surface area contributed by atoms with Crippen molar-refractivity contribution in [1.29, 1.82) is 0 Å². The number of aryl methyl sites for hydroxylation is 1. The summed E-state index contributed by atoms with van der Waals surface area (Å²) in [6.07, 6.45) is 2.02. The highest BCUT2D eigenvalue weighted by molar-refractivity contribution is 8.00. The summed E-state index contributed by atoms with van der Waals surface area (Å²) < 4.78 is 10.4. The second kappa shape index (κ2) is 14.0. The van der Waals surface area contributed by atoms with Crippen LogP contribution in [0, 0.1) is 6.92 Å². The molecule has 0 fully saturated rings. The standard InChI is InChI=1S/C31H30N4O6S/c1-4-27(31(39)34-28-15-19(2)41-35-28)42-24-12-8-11-22(17-24)32-30(38)25(33-29(37)20-9-6-5-7-10-20)16-21-13-14-23(36)18-26(21)40-3/h5-18,27,36H,4H2,1-3H3,(H,32,38)(H,33,37)(H,34,35,39)/b25-16+. The number of amides is 3. The molecule has 4 aromatic rings. The highest BCUT2D eigenvalue weighted by Crippen LogP contribution is 2.29. The summed E-state index contributed by atoms with van der Waals surface area (Å²) in [6, 6.07) is 21.6. The maximum Gasteiger partial charge on any atom is 0.272 e. The molecule has 1 unspecified atom stereocenters. The number of anilines is 2. The average molecular weight is 587 g/mol. The number of carbonyl (C=O) groups excluding carboxylic acids is 3. The fraction of sp³-hybridized carbons (Fsp3) is 0.161. The topological polar surface area (TPSA) is 143 Å². The van der Waals surface area contributed by atoms with Crippen molar-refractivity contribution in [1.82, 2.24) is 10.5 Å². The normalized spacial score (nSPS) is 11.8. The van der Waals surface area contributed by atoms with Crippen LogP contribution in [0.2, 0.25) is 0 Å². The van der Waals surface area contributed by atoms with E-state index in [0.717, 1.165) is 4.90 Å². The molecule has 0 aliphatic heterocycles. The second-order valence-electron chi connectivity index (χ2n) is 9.11. The smallest absolute Gasteiger partial charge is 0.272 e. The average Bonchev–Trinajstić information content (AvgIpc) is 3.40. The van der Waals surface area contributed by atoms with Gasteiger partial charge in [-0.3, -0.25) is 14.4 Å². The van der Waals surface area contributed by atoms with Gasteiger partial charge in [0.05, 0.1) is 12.4 Å². The van der Waals surface area contributed by atoms with Crippen molar-refractivity contribution >= 4 is 47.1 Å². The SMILES string of the molecule is CCC(Sc1cccc(NC(=O)/C(=C\c2ccc(O)cc2OC)NC(=O)c2ccccc2)c1)C(=O)Nc1cc(C)on1. The molecule has 0 saturated carbocycles. The lowest BCUT2D eigenvalue weighted by molar-refractivity contribution is -0.116. The number of phenolic OH excluding ortho intramolecular Hbond substituents is 1. The van der Waals surface area contributed by atoms with E-state index >= 15 is 0 Å². The highest BCUT2D eigenvalue weighted by atomic mass is 32.2. The Morgan fingerprint density at radius 1 is 1.02 bits per heavy atom. The predicted molar refractivity (Wildman–Crippen MR) is 161 cm³/mol. The van der Waals surface area contributed by atoms with Crippen molar-refractivity contribution in [3.8, 4) is 11.5 Å². The number of carbonyl (C=O) groups is 3. The van der Waals surface area contributed by atoms with Crippen molar-refractivity contribution in [2.75, 3.05) is 17.7 Å². The fourth-order valence-electron chi connectivity index (χ4n) is 3.88.